The third-order valence-corrected chi connectivity index (χ3v) is 4.07. The maximum Gasteiger partial charge on any atom is 0.238 e. The van der Waals surface area contributed by atoms with Gasteiger partial charge < -0.3 is 10.6 Å². The van der Waals surface area contributed by atoms with Crippen molar-refractivity contribution >= 4 is 27.5 Å². The molecule has 1 aliphatic heterocycles. The van der Waals surface area contributed by atoms with Gasteiger partial charge in [-0.05, 0) is 60.5 Å². The van der Waals surface area contributed by atoms with E-state index >= 15 is 0 Å². The Morgan fingerprint density at radius 3 is 3.00 bits per heavy atom. The number of anilines is 1. The van der Waals surface area contributed by atoms with Crippen LogP contribution < -0.4 is 10.6 Å². The number of nitrogens with zero attached hydrogens (tertiary/aromatic N) is 1. The summed E-state index contributed by atoms with van der Waals surface area (Å²) in [6, 6.07) is 7.67. The SMILES string of the molecule is CNCC1CCN(CC(=O)Nc2ccccc2Br)C1. The van der Waals surface area contributed by atoms with Crippen molar-refractivity contribution in [3.63, 3.8) is 0 Å². The van der Waals surface area contributed by atoms with Crippen LogP contribution in [-0.4, -0.2) is 44.0 Å². The Morgan fingerprint density at radius 2 is 2.26 bits per heavy atom. The van der Waals surface area contributed by atoms with Gasteiger partial charge in [-0.2, -0.15) is 0 Å². The molecule has 0 aromatic heterocycles. The summed E-state index contributed by atoms with van der Waals surface area (Å²) in [6.07, 6.45) is 1.17. The fraction of sp³-hybridized carbons (Fsp3) is 0.500. The summed E-state index contributed by atoms with van der Waals surface area (Å²) in [6.45, 7) is 3.52. The Hall–Kier alpha value is -0.910. The molecule has 0 radical (unpaired) electrons. The summed E-state index contributed by atoms with van der Waals surface area (Å²) in [4.78, 5) is 14.2. The molecule has 1 aliphatic rings. The van der Waals surface area contributed by atoms with Gasteiger partial charge >= 0.3 is 0 Å². The number of likely N-dealkylation sites (tertiary alicyclic amines) is 1. The molecule has 2 N–H and O–H groups in total. The fourth-order valence-corrected chi connectivity index (χ4v) is 2.85. The van der Waals surface area contributed by atoms with Crippen molar-refractivity contribution in [3.8, 4) is 0 Å². The van der Waals surface area contributed by atoms with Crippen LogP contribution >= 0.6 is 15.9 Å². The summed E-state index contributed by atoms with van der Waals surface area (Å²) in [7, 11) is 1.97. The average Bonchev–Trinajstić information content (AvgIpc) is 2.80. The third-order valence-electron chi connectivity index (χ3n) is 3.38. The molecule has 1 heterocycles. The highest BCUT2D eigenvalue weighted by Crippen LogP contribution is 2.21. The van der Waals surface area contributed by atoms with E-state index in [4.69, 9.17) is 0 Å². The standard InChI is InChI=1S/C14H20BrN3O/c1-16-8-11-6-7-18(9-11)10-14(19)17-13-5-3-2-4-12(13)15/h2-5,11,16H,6-10H2,1H3,(H,17,19). The topological polar surface area (TPSA) is 44.4 Å². The monoisotopic (exact) mass is 325 g/mol. The molecule has 1 atom stereocenters. The van der Waals surface area contributed by atoms with Crippen LogP contribution in [0.15, 0.2) is 28.7 Å². The quantitative estimate of drug-likeness (QED) is 0.869. The number of rotatable bonds is 5. The maximum atomic E-state index is 12.0. The van der Waals surface area contributed by atoms with Crippen molar-refractivity contribution in [2.24, 2.45) is 5.92 Å². The maximum absolute atomic E-state index is 12.0. The van der Waals surface area contributed by atoms with Crippen molar-refractivity contribution in [1.29, 1.82) is 0 Å². The lowest BCUT2D eigenvalue weighted by atomic mass is 10.1. The Labute approximate surface area is 122 Å². The van der Waals surface area contributed by atoms with E-state index < -0.39 is 0 Å². The molecule has 1 fully saturated rings. The number of hydrogen-bond acceptors (Lipinski definition) is 3. The molecule has 0 spiro atoms. The summed E-state index contributed by atoms with van der Waals surface area (Å²) >= 11 is 3.43. The van der Waals surface area contributed by atoms with Gasteiger partial charge in [0.25, 0.3) is 0 Å². The van der Waals surface area contributed by atoms with Crippen LogP contribution in [0.2, 0.25) is 0 Å². The smallest absolute Gasteiger partial charge is 0.238 e. The van der Waals surface area contributed by atoms with E-state index in [0.717, 1.165) is 29.8 Å². The van der Waals surface area contributed by atoms with E-state index in [-0.39, 0.29) is 5.91 Å². The van der Waals surface area contributed by atoms with Gasteiger partial charge in [-0.3, -0.25) is 9.69 Å². The second kappa shape index (κ2) is 7.03. The lowest BCUT2D eigenvalue weighted by molar-refractivity contribution is -0.117. The number of benzene rings is 1. The molecule has 4 nitrogen and oxygen atoms in total. The molecule has 0 saturated carbocycles. The van der Waals surface area contributed by atoms with Crippen LogP contribution in [0, 0.1) is 5.92 Å². The number of hydrogen-bond donors (Lipinski definition) is 2. The van der Waals surface area contributed by atoms with Crippen molar-refractivity contribution in [2.75, 3.05) is 38.5 Å². The van der Waals surface area contributed by atoms with Gasteiger partial charge in [0.1, 0.15) is 0 Å². The van der Waals surface area contributed by atoms with E-state index in [0.29, 0.717) is 12.5 Å². The Bertz CT molecular complexity index is 438. The first-order valence-electron chi connectivity index (χ1n) is 6.60. The van der Waals surface area contributed by atoms with Crippen molar-refractivity contribution in [1.82, 2.24) is 10.2 Å². The number of amides is 1. The zero-order valence-corrected chi connectivity index (χ0v) is 12.7. The number of halogens is 1. The van der Waals surface area contributed by atoms with Crippen LogP contribution in [-0.2, 0) is 4.79 Å². The molecule has 0 aliphatic carbocycles. The molecular weight excluding hydrogens is 306 g/mol. The van der Waals surface area contributed by atoms with Crippen LogP contribution in [0.3, 0.4) is 0 Å². The number of para-hydroxylation sites is 1. The number of nitrogens with one attached hydrogen (secondary N) is 2. The minimum atomic E-state index is 0.0528. The van der Waals surface area contributed by atoms with Gasteiger partial charge in [0.05, 0.1) is 12.2 Å². The molecule has 1 aromatic carbocycles. The summed E-state index contributed by atoms with van der Waals surface area (Å²) in [5.74, 6) is 0.721. The molecule has 1 saturated heterocycles. The normalized spacial score (nSPS) is 19.6. The van der Waals surface area contributed by atoms with Gasteiger partial charge in [0, 0.05) is 11.0 Å². The minimum Gasteiger partial charge on any atom is -0.324 e. The lowest BCUT2D eigenvalue weighted by Gasteiger charge is -2.16. The van der Waals surface area contributed by atoms with Gasteiger partial charge in [0.15, 0.2) is 0 Å². The van der Waals surface area contributed by atoms with Crippen molar-refractivity contribution in [3.05, 3.63) is 28.7 Å². The summed E-state index contributed by atoms with van der Waals surface area (Å²) in [5, 5.41) is 6.14. The van der Waals surface area contributed by atoms with E-state index in [2.05, 4.69) is 31.5 Å². The predicted octanol–water partition coefficient (Wildman–Crippen LogP) is 1.93. The minimum absolute atomic E-state index is 0.0528. The molecule has 1 amide bonds. The molecule has 19 heavy (non-hydrogen) atoms. The summed E-state index contributed by atoms with van der Waals surface area (Å²) < 4.78 is 0.915. The molecule has 0 bridgehead atoms. The molecule has 2 rings (SSSR count). The Kier molecular flexibility index (Phi) is 5.36. The largest absolute Gasteiger partial charge is 0.324 e. The van der Waals surface area contributed by atoms with E-state index in [1.807, 2.05) is 31.3 Å². The van der Waals surface area contributed by atoms with Crippen molar-refractivity contribution in [2.45, 2.75) is 6.42 Å². The highest BCUT2D eigenvalue weighted by molar-refractivity contribution is 9.10. The highest BCUT2D eigenvalue weighted by atomic mass is 79.9. The zero-order chi connectivity index (χ0) is 13.7. The Morgan fingerprint density at radius 1 is 1.47 bits per heavy atom. The second-order valence-electron chi connectivity index (χ2n) is 4.98. The molecular formula is C14H20BrN3O. The van der Waals surface area contributed by atoms with E-state index in [1.165, 1.54) is 6.42 Å². The predicted molar refractivity (Wildman–Crippen MR) is 81.2 cm³/mol. The molecule has 1 unspecified atom stereocenters. The second-order valence-corrected chi connectivity index (χ2v) is 5.83. The molecule has 104 valence electrons. The average molecular weight is 326 g/mol. The first kappa shape index (κ1) is 14.5. The number of carbonyl (C=O) groups is 1. The highest BCUT2D eigenvalue weighted by Gasteiger charge is 2.23. The van der Waals surface area contributed by atoms with Crippen LogP contribution in [0.5, 0.6) is 0 Å². The van der Waals surface area contributed by atoms with Crippen LogP contribution in [0.4, 0.5) is 5.69 Å². The fourth-order valence-electron chi connectivity index (χ4n) is 2.47. The lowest BCUT2D eigenvalue weighted by Crippen LogP contribution is -2.32. The Balaban J connectivity index is 1.81. The molecule has 1 aromatic rings. The van der Waals surface area contributed by atoms with Gasteiger partial charge in [-0.15, -0.1) is 0 Å². The van der Waals surface area contributed by atoms with Crippen LogP contribution in [0.25, 0.3) is 0 Å². The first-order chi connectivity index (χ1) is 9.19. The van der Waals surface area contributed by atoms with Gasteiger partial charge in [-0.25, -0.2) is 0 Å². The first-order valence-corrected chi connectivity index (χ1v) is 7.39. The van der Waals surface area contributed by atoms with Crippen molar-refractivity contribution < 1.29 is 4.79 Å². The van der Waals surface area contributed by atoms with E-state index in [9.17, 15) is 4.79 Å². The zero-order valence-electron chi connectivity index (χ0n) is 11.2. The van der Waals surface area contributed by atoms with Crippen LogP contribution in [0.1, 0.15) is 6.42 Å². The third kappa shape index (κ3) is 4.30. The number of carbonyl (C=O) groups excluding carboxylic acids is 1. The van der Waals surface area contributed by atoms with Gasteiger partial charge in [0.2, 0.25) is 5.91 Å². The molecule has 5 heteroatoms. The van der Waals surface area contributed by atoms with E-state index in [1.54, 1.807) is 0 Å². The van der Waals surface area contributed by atoms with Gasteiger partial charge in [-0.1, -0.05) is 12.1 Å². The summed E-state index contributed by atoms with van der Waals surface area (Å²) in [5.41, 5.74) is 0.832.